The molecule has 2 aromatic carbocycles. The summed E-state index contributed by atoms with van der Waals surface area (Å²) in [6.07, 6.45) is 1.16. The van der Waals surface area contributed by atoms with Gasteiger partial charge in [-0.1, -0.05) is 54.1 Å². The van der Waals surface area contributed by atoms with Crippen LogP contribution in [0.5, 0.6) is 0 Å². The molecule has 0 unspecified atom stereocenters. The van der Waals surface area contributed by atoms with Crippen molar-refractivity contribution in [1.82, 2.24) is 5.32 Å². The van der Waals surface area contributed by atoms with E-state index >= 15 is 0 Å². The lowest BCUT2D eigenvalue weighted by Gasteiger charge is -2.06. The van der Waals surface area contributed by atoms with Gasteiger partial charge in [0.05, 0.1) is 0 Å². The number of benzene rings is 2. The number of Topliss-reactive ketones (excluding diaryl/α,β-unsaturated/α-hetero) is 1. The van der Waals surface area contributed by atoms with Crippen LogP contribution in [0.1, 0.15) is 28.8 Å². The fourth-order valence-electron chi connectivity index (χ4n) is 2.12. The number of rotatable bonds is 7. The van der Waals surface area contributed by atoms with Gasteiger partial charge in [0.2, 0.25) is 5.91 Å². The normalized spacial score (nSPS) is 10.2. The average Bonchev–Trinajstić information content (AvgIpc) is 2.53. The van der Waals surface area contributed by atoms with Crippen LogP contribution < -0.4 is 5.32 Å². The molecule has 0 fully saturated rings. The number of halogens is 1. The molecule has 0 saturated heterocycles. The van der Waals surface area contributed by atoms with Crippen molar-refractivity contribution in [3.63, 3.8) is 0 Å². The molecular weight excluding hydrogens is 298 g/mol. The van der Waals surface area contributed by atoms with Gasteiger partial charge in [0, 0.05) is 30.0 Å². The van der Waals surface area contributed by atoms with Crippen LogP contribution in [0, 0.1) is 0 Å². The lowest BCUT2D eigenvalue weighted by atomic mass is 10.1. The van der Waals surface area contributed by atoms with Crippen LogP contribution in [0.2, 0.25) is 5.02 Å². The first kappa shape index (κ1) is 16.2. The number of ketones is 1. The molecule has 2 rings (SSSR count). The predicted molar refractivity (Wildman–Crippen MR) is 88.2 cm³/mol. The molecule has 0 heterocycles. The summed E-state index contributed by atoms with van der Waals surface area (Å²) in [5, 5.41) is 3.52. The van der Waals surface area contributed by atoms with Gasteiger partial charge in [-0.05, 0) is 24.1 Å². The van der Waals surface area contributed by atoms with E-state index in [0.29, 0.717) is 17.1 Å². The molecule has 0 aliphatic rings. The maximum atomic E-state index is 11.9. The van der Waals surface area contributed by atoms with Crippen molar-refractivity contribution < 1.29 is 9.59 Å². The Bertz CT molecular complexity index is 641. The Morgan fingerprint density at radius 1 is 0.955 bits per heavy atom. The van der Waals surface area contributed by atoms with Crippen molar-refractivity contribution in [2.75, 3.05) is 6.54 Å². The zero-order valence-electron chi connectivity index (χ0n) is 12.2. The Labute approximate surface area is 135 Å². The number of hydrogen-bond acceptors (Lipinski definition) is 2. The first-order valence-corrected chi connectivity index (χ1v) is 7.62. The molecule has 0 aliphatic heterocycles. The highest BCUT2D eigenvalue weighted by Gasteiger charge is 2.08. The SMILES string of the molecule is O=C(CCC(=O)c1ccccc1)NCCc1cccc(Cl)c1. The van der Waals surface area contributed by atoms with Gasteiger partial charge in [-0.2, -0.15) is 0 Å². The summed E-state index contributed by atoms with van der Waals surface area (Å²) in [7, 11) is 0. The third kappa shape index (κ3) is 5.34. The minimum atomic E-state index is -0.105. The number of carbonyl (C=O) groups excluding carboxylic acids is 2. The highest BCUT2D eigenvalue weighted by Crippen LogP contribution is 2.10. The topological polar surface area (TPSA) is 46.2 Å². The van der Waals surface area contributed by atoms with E-state index < -0.39 is 0 Å². The quantitative estimate of drug-likeness (QED) is 0.793. The minimum Gasteiger partial charge on any atom is -0.356 e. The smallest absolute Gasteiger partial charge is 0.220 e. The van der Waals surface area contributed by atoms with Crippen molar-refractivity contribution in [1.29, 1.82) is 0 Å². The van der Waals surface area contributed by atoms with Crippen molar-refractivity contribution >= 4 is 23.3 Å². The Morgan fingerprint density at radius 2 is 1.73 bits per heavy atom. The second-order valence-electron chi connectivity index (χ2n) is 5.02. The van der Waals surface area contributed by atoms with Gasteiger partial charge < -0.3 is 5.32 Å². The van der Waals surface area contributed by atoms with Gasteiger partial charge in [-0.25, -0.2) is 0 Å². The minimum absolute atomic E-state index is 0.00871. The Kier molecular flexibility index (Phi) is 6.16. The Hall–Kier alpha value is -2.13. The fourth-order valence-corrected chi connectivity index (χ4v) is 2.34. The van der Waals surface area contributed by atoms with Crippen LogP contribution in [0.4, 0.5) is 0 Å². The number of carbonyl (C=O) groups is 2. The van der Waals surface area contributed by atoms with Crippen LogP contribution >= 0.6 is 11.6 Å². The van der Waals surface area contributed by atoms with Gasteiger partial charge >= 0.3 is 0 Å². The van der Waals surface area contributed by atoms with Gasteiger partial charge in [-0.3, -0.25) is 9.59 Å². The fraction of sp³-hybridized carbons (Fsp3) is 0.222. The van der Waals surface area contributed by atoms with Crippen LogP contribution in [-0.2, 0) is 11.2 Å². The molecule has 0 saturated carbocycles. The molecule has 4 heteroatoms. The monoisotopic (exact) mass is 315 g/mol. The average molecular weight is 316 g/mol. The van der Waals surface area contributed by atoms with Crippen molar-refractivity contribution in [2.45, 2.75) is 19.3 Å². The third-order valence-electron chi connectivity index (χ3n) is 3.30. The zero-order valence-corrected chi connectivity index (χ0v) is 13.0. The van der Waals surface area contributed by atoms with Crippen LogP contribution in [0.15, 0.2) is 54.6 Å². The lowest BCUT2D eigenvalue weighted by molar-refractivity contribution is -0.121. The Morgan fingerprint density at radius 3 is 2.45 bits per heavy atom. The maximum Gasteiger partial charge on any atom is 0.220 e. The van der Waals surface area contributed by atoms with Crippen molar-refractivity contribution in [3.05, 3.63) is 70.7 Å². The second-order valence-corrected chi connectivity index (χ2v) is 5.46. The molecule has 1 amide bonds. The largest absolute Gasteiger partial charge is 0.356 e. The standard InChI is InChI=1S/C18H18ClNO2/c19-16-8-4-5-14(13-16)11-12-20-18(22)10-9-17(21)15-6-2-1-3-7-15/h1-8,13H,9-12H2,(H,20,22). The zero-order chi connectivity index (χ0) is 15.8. The molecule has 114 valence electrons. The number of amides is 1. The van der Waals surface area contributed by atoms with Crippen LogP contribution in [0.25, 0.3) is 0 Å². The second kappa shape index (κ2) is 8.35. The van der Waals surface area contributed by atoms with Gasteiger partial charge in [0.25, 0.3) is 0 Å². The number of hydrogen-bond donors (Lipinski definition) is 1. The van der Waals surface area contributed by atoms with Crippen molar-refractivity contribution in [3.8, 4) is 0 Å². The highest BCUT2D eigenvalue weighted by atomic mass is 35.5. The van der Waals surface area contributed by atoms with E-state index in [9.17, 15) is 9.59 Å². The number of nitrogens with one attached hydrogen (secondary N) is 1. The molecule has 0 radical (unpaired) electrons. The Balaban J connectivity index is 1.69. The summed E-state index contributed by atoms with van der Waals surface area (Å²) in [5.74, 6) is -0.114. The van der Waals surface area contributed by atoms with Crippen LogP contribution in [-0.4, -0.2) is 18.2 Å². The molecule has 0 aliphatic carbocycles. The van der Waals surface area contributed by atoms with E-state index in [1.165, 1.54) is 0 Å². The summed E-state index contributed by atoms with van der Waals surface area (Å²) in [6, 6.07) is 16.6. The first-order chi connectivity index (χ1) is 10.6. The molecule has 0 bridgehead atoms. The van der Waals surface area contributed by atoms with E-state index in [2.05, 4.69) is 5.32 Å². The molecule has 3 nitrogen and oxygen atoms in total. The molecule has 0 spiro atoms. The summed E-state index contributed by atoms with van der Waals surface area (Å²) in [4.78, 5) is 23.6. The third-order valence-corrected chi connectivity index (χ3v) is 3.53. The van der Waals surface area contributed by atoms with E-state index in [-0.39, 0.29) is 24.5 Å². The van der Waals surface area contributed by atoms with Crippen LogP contribution in [0.3, 0.4) is 0 Å². The lowest BCUT2D eigenvalue weighted by Crippen LogP contribution is -2.26. The van der Waals surface area contributed by atoms with Gasteiger partial charge in [0.1, 0.15) is 0 Å². The first-order valence-electron chi connectivity index (χ1n) is 7.24. The predicted octanol–water partition coefficient (Wildman–Crippen LogP) is 3.66. The summed E-state index contributed by atoms with van der Waals surface area (Å²) < 4.78 is 0. The van der Waals surface area contributed by atoms with Crippen molar-refractivity contribution in [2.24, 2.45) is 0 Å². The summed E-state index contributed by atoms with van der Waals surface area (Å²) in [6.45, 7) is 0.540. The molecule has 0 aromatic heterocycles. The maximum absolute atomic E-state index is 11.9. The van der Waals surface area contributed by atoms with E-state index in [0.717, 1.165) is 12.0 Å². The van der Waals surface area contributed by atoms with E-state index in [1.54, 1.807) is 12.1 Å². The molecular formula is C18H18ClNO2. The summed E-state index contributed by atoms with van der Waals surface area (Å²) >= 11 is 5.90. The van der Waals surface area contributed by atoms with Gasteiger partial charge in [0.15, 0.2) is 5.78 Å². The molecule has 2 aromatic rings. The highest BCUT2D eigenvalue weighted by molar-refractivity contribution is 6.30. The van der Waals surface area contributed by atoms with E-state index in [4.69, 9.17) is 11.6 Å². The summed E-state index contributed by atoms with van der Waals surface area (Å²) in [5.41, 5.74) is 1.72. The van der Waals surface area contributed by atoms with E-state index in [1.807, 2.05) is 42.5 Å². The molecule has 0 atom stereocenters. The molecule has 22 heavy (non-hydrogen) atoms. The molecule has 1 N–H and O–H groups in total. The van der Waals surface area contributed by atoms with Gasteiger partial charge in [-0.15, -0.1) is 0 Å².